The van der Waals surface area contributed by atoms with Crippen molar-refractivity contribution < 1.29 is 23.4 Å². The Balaban J connectivity index is 2.32. The standard InChI is InChI=1S/C12H18N2O5S/c1-2-13-8-10(7-11(13)12(16)17)20(18,19)14-5-3-9(15)4-6-14/h7-9,15H,2-6H2,1H3,(H,16,17). The maximum atomic E-state index is 12.4. The topological polar surface area (TPSA) is 99.8 Å². The van der Waals surface area contributed by atoms with Gasteiger partial charge in [0.2, 0.25) is 10.0 Å². The van der Waals surface area contributed by atoms with Gasteiger partial charge in [0.05, 0.1) is 6.10 Å². The molecule has 0 bridgehead atoms. The number of aryl methyl sites for hydroxylation is 1. The van der Waals surface area contributed by atoms with Crippen molar-refractivity contribution in [2.75, 3.05) is 13.1 Å². The molecule has 20 heavy (non-hydrogen) atoms. The Bertz CT molecular complexity index is 599. The van der Waals surface area contributed by atoms with E-state index in [1.165, 1.54) is 21.1 Å². The molecule has 0 spiro atoms. The summed E-state index contributed by atoms with van der Waals surface area (Å²) in [6.07, 6.45) is 1.69. The summed E-state index contributed by atoms with van der Waals surface area (Å²) in [6.45, 7) is 2.64. The summed E-state index contributed by atoms with van der Waals surface area (Å²) in [7, 11) is -3.69. The first-order valence-corrected chi connectivity index (χ1v) is 7.92. The maximum Gasteiger partial charge on any atom is 0.352 e. The van der Waals surface area contributed by atoms with Crippen LogP contribution in [-0.2, 0) is 16.6 Å². The molecule has 1 fully saturated rings. The van der Waals surface area contributed by atoms with Gasteiger partial charge in [-0.3, -0.25) is 0 Å². The van der Waals surface area contributed by atoms with E-state index in [-0.39, 0.29) is 23.7 Å². The highest BCUT2D eigenvalue weighted by Gasteiger charge is 2.30. The highest BCUT2D eigenvalue weighted by Crippen LogP contribution is 2.22. The zero-order valence-electron chi connectivity index (χ0n) is 11.2. The molecule has 0 unspecified atom stereocenters. The normalized spacial score (nSPS) is 18.3. The predicted octanol–water partition coefficient (Wildman–Crippen LogP) is 0.352. The van der Waals surface area contributed by atoms with Crippen molar-refractivity contribution in [2.45, 2.75) is 37.3 Å². The van der Waals surface area contributed by atoms with Gasteiger partial charge in [0, 0.05) is 25.8 Å². The highest BCUT2D eigenvalue weighted by molar-refractivity contribution is 7.89. The van der Waals surface area contributed by atoms with Crippen LogP contribution in [0.3, 0.4) is 0 Å². The van der Waals surface area contributed by atoms with E-state index in [1.54, 1.807) is 6.92 Å². The fraction of sp³-hybridized carbons (Fsp3) is 0.583. The van der Waals surface area contributed by atoms with Gasteiger partial charge in [-0.05, 0) is 25.8 Å². The van der Waals surface area contributed by atoms with Crippen LogP contribution in [0.5, 0.6) is 0 Å². The smallest absolute Gasteiger partial charge is 0.352 e. The molecule has 0 aromatic carbocycles. The van der Waals surface area contributed by atoms with Gasteiger partial charge < -0.3 is 14.8 Å². The van der Waals surface area contributed by atoms with Crippen LogP contribution < -0.4 is 0 Å². The van der Waals surface area contributed by atoms with Crippen molar-refractivity contribution in [1.82, 2.24) is 8.87 Å². The Kier molecular flexibility index (Phi) is 4.17. The lowest BCUT2D eigenvalue weighted by molar-refractivity contribution is 0.0685. The first-order valence-electron chi connectivity index (χ1n) is 6.48. The van der Waals surface area contributed by atoms with E-state index in [2.05, 4.69) is 0 Å². The van der Waals surface area contributed by atoms with E-state index >= 15 is 0 Å². The molecular weight excluding hydrogens is 284 g/mol. The number of aliphatic hydroxyl groups is 1. The summed E-state index contributed by atoms with van der Waals surface area (Å²) in [5, 5.41) is 18.5. The van der Waals surface area contributed by atoms with Crippen LogP contribution >= 0.6 is 0 Å². The predicted molar refractivity (Wildman–Crippen MR) is 71.1 cm³/mol. The molecule has 1 aliphatic rings. The summed E-state index contributed by atoms with van der Waals surface area (Å²) in [6, 6.07) is 1.19. The number of aromatic carboxylic acids is 1. The van der Waals surface area contributed by atoms with E-state index in [4.69, 9.17) is 5.11 Å². The quantitative estimate of drug-likeness (QED) is 0.836. The van der Waals surface area contributed by atoms with Crippen molar-refractivity contribution >= 4 is 16.0 Å². The minimum atomic E-state index is -3.69. The van der Waals surface area contributed by atoms with Gasteiger partial charge in [-0.15, -0.1) is 0 Å². The average Bonchev–Trinajstić information content (AvgIpc) is 2.84. The van der Waals surface area contributed by atoms with Gasteiger partial charge >= 0.3 is 5.97 Å². The lowest BCUT2D eigenvalue weighted by Gasteiger charge is -2.28. The van der Waals surface area contributed by atoms with E-state index in [1.807, 2.05) is 0 Å². The molecule has 0 aliphatic carbocycles. The van der Waals surface area contributed by atoms with Gasteiger partial charge in [-0.2, -0.15) is 4.31 Å². The Morgan fingerprint density at radius 3 is 2.45 bits per heavy atom. The van der Waals surface area contributed by atoms with Crippen LogP contribution in [0.4, 0.5) is 0 Å². The number of sulfonamides is 1. The van der Waals surface area contributed by atoms with Gasteiger partial charge in [0.15, 0.2) is 0 Å². The first kappa shape index (κ1) is 15.0. The average molecular weight is 302 g/mol. The summed E-state index contributed by atoms with van der Waals surface area (Å²) in [4.78, 5) is 11.1. The lowest BCUT2D eigenvalue weighted by atomic mass is 10.1. The molecule has 2 rings (SSSR count). The second kappa shape index (κ2) is 5.55. The molecule has 7 nitrogen and oxygen atoms in total. The SMILES string of the molecule is CCn1cc(S(=O)(=O)N2CCC(O)CC2)cc1C(=O)O. The van der Waals surface area contributed by atoms with Crippen molar-refractivity contribution in [1.29, 1.82) is 0 Å². The zero-order chi connectivity index (χ0) is 14.9. The number of carbonyl (C=O) groups is 1. The third-order valence-electron chi connectivity index (χ3n) is 3.49. The number of piperidine rings is 1. The minimum Gasteiger partial charge on any atom is -0.477 e. The zero-order valence-corrected chi connectivity index (χ0v) is 12.0. The largest absolute Gasteiger partial charge is 0.477 e. The fourth-order valence-corrected chi connectivity index (χ4v) is 3.81. The summed E-state index contributed by atoms with van der Waals surface area (Å²) >= 11 is 0. The Morgan fingerprint density at radius 1 is 1.40 bits per heavy atom. The fourth-order valence-electron chi connectivity index (χ4n) is 2.30. The van der Waals surface area contributed by atoms with E-state index in [9.17, 15) is 18.3 Å². The van der Waals surface area contributed by atoms with Crippen LogP contribution in [0.25, 0.3) is 0 Å². The van der Waals surface area contributed by atoms with E-state index < -0.39 is 22.1 Å². The molecule has 1 aromatic rings. The molecule has 1 aliphatic heterocycles. The van der Waals surface area contributed by atoms with Crippen LogP contribution in [0.15, 0.2) is 17.2 Å². The number of carboxylic acid groups (broad SMARTS) is 1. The Morgan fingerprint density at radius 2 is 2.00 bits per heavy atom. The molecule has 2 heterocycles. The van der Waals surface area contributed by atoms with E-state index in [0.29, 0.717) is 19.4 Å². The molecule has 2 N–H and O–H groups in total. The van der Waals surface area contributed by atoms with Crippen LogP contribution in [0.1, 0.15) is 30.3 Å². The van der Waals surface area contributed by atoms with Gasteiger partial charge in [0.25, 0.3) is 0 Å². The Hall–Kier alpha value is -1.38. The summed E-state index contributed by atoms with van der Waals surface area (Å²) in [5.74, 6) is -1.15. The van der Waals surface area contributed by atoms with Crippen LogP contribution in [-0.4, -0.2) is 52.7 Å². The molecule has 0 saturated carbocycles. The molecule has 1 saturated heterocycles. The molecule has 8 heteroatoms. The molecular formula is C12H18N2O5S. The second-order valence-electron chi connectivity index (χ2n) is 4.79. The third kappa shape index (κ3) is 2.72. The van der Waals surface area contributed by atoms with Gasteiger partial charge in [-0.25, -0.2) is 13.2 Å². The van der Waals surface area contributed by atoms with Gasteiger partial charge in [-0.1, -0.05) is 0 Å². The number of aliphatic hydroxyl groups excluding tert-OH is 1. The third-order valence-corrected chi connectivity index (χ3v) is 5.36. The molecule has 0 radical (unpaired) electrons. The number of nitrogens with zero attached hydrogens (tertiary/aromatic N) is 2. The number of rotatable bonds is 4. The molecule has 112 valence electrons. The van der Waals surface area contributed by atoms with E-state index in [0.717, 1.165) is 0 Å². The maximum absolute atomic E-state index is 12.4. The van der Waals surface area contributed by atoms with Crippen molar-refractivity contribution in [2.24, 2.45) is 0 Å². The van der Waals surface area contributed by atoms with Crippen molar-refractivity contribution in [3.63, 3.8) is 0 Å². The van der Waals surface area contributed by atoms with Gasteiger partial charge in [0.1, 0.15) is 10.6 Å². The molecule has 0 atom stereocenters. The minimum absolute atomic E-state index is 0.00635. The van der Waals surface area contributed by atoms with Crippen molar-refractivity contribution in [3.8, 4) is 0 Å². The molecule has 1 aromatic heterocycles. The van der Waals surface area contributed by atoms with Crippen LogP contribution in [0.2, 0.25) is 0 Å². The lowest BCUT2D eigenvalue weighted by Crippen LogP contribution is -2.39. The highest BCUT2D eigenvalue weighted by atomic mass is 32.2. The number of hydrogen-bond acceptors (Lipinski definition) is 4. The Labute approximate surface area is 117 Å². The van der Waals surface area contributed by atoms with Crippen LogP contribution in [0, 0.1) is 0 Å². The monoisotopic (exact) mass is 302 g/mol. The summed E-state index contributed by atoms with van der Waals surface area (Å²) in [5.41, 5.74) is -0.0388. The van der Waals surface area contributed by atoms with Crippen molar-refractivity contribution in [3.05, 3.63) is 18.0 Å². The molecule has 0 amide bonds. The summed E-state index contributed by atoms with van der Waals surface area (Å²) < 4.78 is 27.6. The number of hydrogen-bond donors (Lipinski definition) is 2. The second-order valence-corrected chi connectivity index (χ2v) is 6.73. The number of carboxylic acids is 1. The number of aromatic nitrogens is 1. The first-order chi connectivity index (χ1) is 9.36.